The average Bonchev–Trinajstić information content (AvgIpc) is 3.65. The molecule has 216 valence electrons. The van der Waals surface area contributed by atoms with Gasteiger partial charge in [-0.05, 0) is 84.9 Å². The highest BCUT2D eigenvalue weighted by molar-refractivity contribution is 5.99. The fourth-order valence-electron chi connectivity index (χ4n) is 4.58. The molecule has 0 aliphatic carbocycles. The molecular formula is C32H30N8O3. The van der Waals surface area contributed by atoms with Gasteiger partial charge in [0, 0.05) is 22.3 Å². The Morgan fingerprint density at radius 2 is 1.00 bits per heavy atom. The number of imidazole rings is 2. The van der Waals surface area contributed by atoms with Gasteiger partial charge in [0.1, 0.15) is 48.0 Å². The number of aromatic nitrogens is 4. The van der Waals surface area contributed by atoms with Gasteiger partial charge in [0.25, 0.3) is 0 Å². The maximum atomic E-state index is 7.61. The van der Waals surface area contributed by atoms with Crippen molar-refractivity contribution >= 4 is 33.7 Å². The fourth-order valence-corrected chi connectivity index (χ4v) is 4.58. The first kappa shape index (κ1) is 27.5. The number of rotatable bonds is 12. The van der Waals surface area contributed by atoms with E-state index in [0.29, 0.717) is 37.6 Å². The third-order valence-electron chi connectivity index (χ3n) is 6.83. The van der Waals surface area contributed by atoms with E-state index in [1.165, 1.54) is 0 Å². The van der Waals surface area contributed by atoms with E-state index in [1.54, 1.807) is 12.1 Å². The molecule has 0 atom stereocenters. The van der Waals surface area contributed by atoms with Crippen molar-refractivity contribution in [3.05, 3.63) is 96.1 Å². The number of fused-ring (bicyclic) bond motifs is 2. The first-order valence-corrected chi connectivity index (χ1v) is 13.7. The minimum absolute atomic E-state index is 0.0224. The maximum absolute atomic E-state index is 7.61. The number of nitrogens with one attached hydrogen (secondary N) is 4. The first-order chi connectivity index (χ1) is 20.9. The Morgan fingerprint density at radius 1 is 0.581 bits per heavy atom. The van der Waals surface area contributed by atoms with Crippen LogP contribution in [0.1, 0.15) is 11.1 Å². The summed E-state index contributed by atoms with van der Waals surface area (Å²) >= 11 is 0. The second-order valence-electron chi connectivity index (χ2n) is 9.82. The normalized spacial score (nSPS) is 11.2. The molecule has 0 saturated carbocycles. The van der Waals surface area contributed by atoms with E-state index >= 15 is 0 Å². The van der Waals surface area contributed by atoms with Crippen LogP contribution in [0, 0.1) is 10.8 Å². The van der Waals surface area contributed by atoms with Crippen LogP contribution in [-0.4, -0.2) is 58.0 Å². The van der Waals surface area contributed by atoms with Gasteiger partial charge >= 0.3 is 0 Å². The molecule has 11 nitrogen and oxygen atoms in total. The quantitative estimate of drug-likeness (QED) is 0.0687. The van der Waals surface area contributed by atoms with Crippen LogP contribution in [0.4, 0.5) is 0 Å². The highest BCUT2D eigenvalue weighted by Crippen LogP contribution is 2.25. The molecule has 2 aromatic heterocycles. The average molecular weight is 575 g/mol. The zero-order valence-electron chi connectivity index (χ0n) is 23.2. The zero-order chi connectivity index (χ0) is 29.8. The predicted molar refractivity (Wildman–Crippen MR) is 167 cm³/mol. The number of aromatic amines is 2. The van der Waals surface area contributed by atoms with Crippen molar-refractivity contribution in [1.29, 1.82) is 10.8 Å². The highest BCUT2D eigenvalue weighted by atomic mass is 16.5. The molecule has 0 spiro atoms. The van der Waals surface area contributed by atoms with Crippen molar-refractivity contribution in [3.8, 4) is 34.3 Å². The van der Waals surface area contributed by atoms with Gasteiger partial charge < -0.3 is 35.6 Å². The standard InChI is InChI=1S/C32H30N8O3/c33-29(34)21-5-11-25-27(17-21)39-31(37-25)19-1-7-23(8-2-19)42-15-13-41-14-16-43-24-9-3-20(4-10-24)32-38-26-12-6-22(30(35)36)18-28(26)40-32/h1-12,17-18H,13-16H2,(H3,33,34)(H3,35,36)(H,37,39)(H,38,40). The third kappa shape index (κ3) is 6.31. The molecule has 0 fully saturated rings. The Hall–Kier alpha value is -5.68. The van der Waals surface area contributed by atoms with Crippen molar-refractivity contribution in [2.24, 2.45) is 11.5 Å². The summed E-state index contributed by atoms with van der Waals surface area (Å²) in [7, 11) is 0. The van der Waals surface area contributed by atoms with Crippen LogP contribution in [0.2, 0.25) is 0 Å². The molecule has 4 aromatic carbocycles. The van der Waals surface area contributed by atoms with Gasteiger partial charge in [-0.15, -0.1) is 0 Å². The summed E-state index contributed by atoms with van der Waals surface area (Å²) in [6.07, 6.45) is 0. The number of nitrogen functional groups attached to an aromatic ring is 2. The van der Waals surface area contributed by atoms with Crippen LogP contribution in [0.5, 0.6) is 11.5 Å². The van der Waals surface area contributed by atoms with E-state index in [1.807, 2.05) is 72.8 Å². The number of benzene rings is 4. The minimum Gasteiger partial charge on any atom is -0.491 e. The highest BCUT2D eigenvalue weighted by Gasteiger charge is 2.09. The largest absolute Gasteiger partial charge is 0.491 e. The van der Waals surface area contributed by atoms with Gasteiger partial charge in [-0.3, -0.25) is 10.8 Å². The minimum atomic E-state index is 0.0224. The van der Waals surface area contributed by atoms with E-state index in [2.05, 4.69) is 19.9 Å². The van der Waals surface area contributed by atoms with Gasteiger partial charge in [0.2, 0.25) is 0 Å². The van der Waals surface area contributed by atoms with Crippen LogP contribution in [-0.2, 0) is 4.74 Å². The Bertz CT molecular complexity index is 1770. The van der Waals surface area contributed by atoms with E-state index in [-0.39, 0.29) is 11.7 Å². The molecule has 0 saturated heterocycles. The third-order valence-corrected chi connectivity index (χ3v) is 6.83. The molecule has 6 rings (SSSR count). The van der Waals surface area contributed by atoms with Gasteiger partial charge in [-0.25, -0.2) is 9.97 Å². The molecule has 2 heterocycles. The van der Waals surface area contributed by atoms with Crippen LogP contribution in [0.15, 0.2) is 84.9 Å². The fraction of sp³-hybridized carbons (Fsp3) is 0.125. The maximum Gasteiger partial charge on any atom is 0.138 e. The van der Waals surface area contributed by atoms with Crippen LogP contribution in [0.25, 0.3) is 44.8 Å². The number of amidine groups is 2. The van der Waals surface area contributed by atoms with Crippen molar-refractivity contribution in [3.63, 3.8) is 0 Å². The molecule has 0 radical (unpaired) electrons. The van der Waals surface area contributed by atoms with E-state index in [0.717, 1.165) is 56.3 Å². The smallest absolute Gasteiger partial charge is 0.138 e. The molecule has 8 N–H and O–H groups in total. The molecule has 6 aromatic rings. The summed E-state index contributed by atoms with van der Waals surface area (Å²) in [4.78, 5) is 15.8. The molecular weight excluding hydrogens is 544 g/mol. The molecule has 0 bridgehead atoms. The Balaban J connectivity index is 0.920. The first-order valence-electron chi connectivity index (χ1n) is 13.7. The van der Waals surface area contributed by atoms with Gasteiger partial charge in [0.15, 0.2) is 0 Å². The van der Waals surface area contributed by atoms with Gasteiger partial charge in [-0.2, -0.15) is 0 Å². The lowest BCUT2D eigenvalue weighted by Gasteiger charge is -2.09. The van der Waals surface area contributed by atoms with Crippen molar-refractivity contribution in [2.45, 2.75) is 0 Å². The molecule has 0 amide bonds. The van der Waals surface area contributed by atoms with Crippen molar-refractivity contribution in [2.75, 3.05) is 26.4 Å². The summed E-state index contributed by atoms with van der Waals surface area (Å²) in [5.41, 5.74) is 17.6. The number of nitrogens with zero attached hydrogens (tertiary/aromatic N) is 2. The van der Waals surface area contributed by atoms with Crippen molar-refractivity contribution in [1.82, 2.24) is 19.9 Å². The second-order valence-corrected chi connectivity index (χ2v) is 9.82. The monoisotopic (exact) mass is 574 g/mol. The van der Waals surface area contributed by atoms with E-state index in [4.69, 9.17) is 36.5 Å². The molecule has 0 unspecified atom stereocenters. The Kier molecular flexibility index (Phi) is 7.70. The Morgan fingerprint density at radius 3 is 1.40 bits per heavy atom. The number of hydrogen-bond acceptors (Lipinski definition) is 7. The molecule has 43 heavy (non-hydrogen) atoms. The summed E-state index contributed by atoms with van der Waals surface area (Å²) < 4.78 is 17.3. The summed E-state index contributed by atoms with van der Waals surface area (Å²) in [6, 6.07) is 26.3. The van der Waals surface area contributed by atoms with Gasteiger partial charge in [0.05, 0.1) is 35.3 Å². The summed E-state index contributed by atoms with van der Waals surface area (Å²) in [6.45, 7) is 1.70. The summed E-state index contributed by atoms with van der Waals surface area (Å²) in [5, 5.41) is 15.2. The van der Waals surface area contributed by atoms with E-state index in [9.17, 15) is 0 Å². The topological polar surface area (TPSA) is 185 Å². The summed E-state index contributed by atoms with van der Waals surface area (Å²) in [5.74, 6) is 2.99. The van der Waals surface area contributed by atoms with E-state index < -0.39 is 0 Å². The van der Waals surface area contributed by atoms with Crippen LogP contribution < -0.4 is 20.9 Å². The predicted octanol–water partition coefficient (Wildman–Crippen LogP) is 4.82. The number of ether oxygens (including phenoxy) is 3. The SMILES string of the molecule is N=C(N)c1ccc2nc(-c3ccc(OCCOCCOc4ccc(-c5nc6ccc(C(=N)N)cc6[nH]5)cc4)cc3)[nH]c2c1. The molecule has 11 heteroatoms. The van der Waals surface area contributed by atoms with Gasteiger partial charge in [-0.1, -0.05) is 0 Å². The lowest BCUT2D eigenvalue weighted by molar-refractivity contribution is 0.0764. The van der Waals surface area contributed by atoms with Crippen LogP contribution >= 0.6 is 0 Å². The molecule has 0 aliphatic heterocycles. The zero-order valence-corrected chi connectivity index (χ0v) is 23.2. The van der Waals surface area contributed by atoms with Crippen LogP contribution in [0.3, 0.4) is 0 Å². The second kappa shape index (κ2) is 12.0. The lowest BCUT2D eigenvalue weighted by atomic mass is 10.2. The number of H-pyrrole nitrogens is 2. The lowest BCUT2D eigenvalue weighted by Crippen LogP contribution is -2.12. The Labute approximate surface area is 246 Å². The number of nitrogens with two attached hydrogens (primary N) is 2. The number of hydrogen-bond donors (Lipinski definition) is 6. The van der Waals surface area contributed by atoms with Crippen molar-refractivity contribution < 1.29 is 14.2 Å². The molecule has 0 aliphatic rings.